The standard InChI is InChI=1S/C17H14ClF3N4/c18-12-4-1-10-2-5-14(13(10)7-12)22-8-16-24-23-15-6-3-11(9-25(15)16)17(19,20)21/h1,3-4,6-7,9,14,22H,2,5,8H2. The number of fused-ring (bicyclic) bond motifs is 2. The number of aryl methyl sites for hydroxylation is 1. The number of aromatic nitrogens is 3. The highest BCUT2D eigenvalue weighted by atomic mass is 35.5. The fourth-order valence-corrected chi connectivity index (χ4v) is 3.41. The lowest BCUT2D eigenvalue weighted by atomic mass is 10.1. The molecule has 0 aliphatic heterocycles. The number of nitrogens with zero attached hydrogens (tertiary/aromatic N) is 3. The second-order valence-corrected chi connectivity index (χ2v) is 6.51. The SMILES string of the molecule is FC(F)(F)c1ccc2nnc(CNC3CCc4ccc(Cl)cc43)n2c1. The van der Waals surface area contributed by atoms with Gasteiger partial charge in [0.25, 0.3) is 0 Å². The first kappa shape index (κ1) is 16.4. The molecule has 0 saturated carbocycles. The third-order valence-electron chi connectivity index (χ3n) is 4.49. The minimum absolute atomic E-state index is 0.104. The van der Waals surface area contributed by atoms with Crippen LogP contribution in [0.25, 0.3) is 5.65 Å². The normalized spacial score (nSPS) is 17.2. The summed E-state index contributed by atoms with van der Waals surface area (Å²) in [6.45, 7) is 0.319. The number of halogens is 4. The average molecular weight is 367 g/mol. The van der Waals surface area contributed by atoms with Gasteiger partial charge in [0.2, 0.25) is 0 Å². The van der Waals surface area contributed by atoms with Gasteiger partial charge in [0.15, 0.2) is 11.5 Å². The quantitative estimate of drug-likeness (QED) is 0.756. The van der Waals surface area contributed by atoms with Crippen molar-refractivity contribution in [3.8, 4) is 0 Å². The van der Waals surface area contributed by atoms with E-state index in [1.807, 2.05) is 18.2 Å². The second-order valence-electron chi connectivity index (χ2n) is 6.08. The molecule has 130 valence electrons. The van der Waals surface area contributed by atoms with Gasteiger partial charge in [-0.15, -0.1) is 10.2 Å². The molecule has 1 aliphatic rings. The molecular weight excluding hydrogens is 353 g/mol. The van der Waals surface area contributed by atoms with Gasteiger partial charge >= 0.3 is 6.18 Å². The van der Waals surface area contributed by atoms with E-state index in [1.165, 1.54) is 16.0 Å². The van der Waals surface area contributed by atoms with Crippen LogP contribution in [-0.2, 0) is 19.1 Å². The molecule has 1 aliphatic carbocycles. The lowest BCUT2D eigenvalue weighted by molar-refractivity contribution is -0.137. The van der Waals surface area contributed by atoms with Gasteiger partial charge in [-0.05, 0) is 48.2 Å². The highest BCUT2D eigenvalue weighted by Crippen LogP contribution is 2.33. The van der Waals surface area contributed by atoms with E-state index < -0.39 is 11.7 Å². The van der Waals surface area contributed by atoms with E-state index in [4.69, 9.17) is 11.6 Å². The Morgan fingerprint density at radius 2 is 2.04 bits per heavy atom. The second kappa shape index (κ2) is 6.00. The molecule has 0 bridgehead atoms. The predicted octanol–water partition coefficient (Wildman–Crippen LogP) is 4.18. The maximum Gasteiger partial charge on any atom is 0.417 e. The van der Waals surface area contributed by atoms with Gasteiger partial charge < -0.3 is 5.32 Å². The van der Waals surface area contributed by atoms with E-state index in [9.17, 15) is 13.2 Å². The van der Waals surface area contributed by atoms with Crippen LogP contribution in [0.5, 0.6) is 0 Å². The molecule has 1 N–H and O–H groups in total. The Morgan fingerprint density at radius 3 is 2.84 bits per heavy atom. The van der Waals surface area contributed by atoms with E-state index in [-0.39, 0.29) is 6.04 Å². The molecule has 1 atom stereocenters. The summed E-state index contributed by atoms with van der Waals surface area (Å²) in [4.78, 5) is 0. The van der Waals surface area contributed by atoms with Crippen molar-refractivity contribution in [3.63, 3.8) is 0 Å². The molecule has 0 amide bonds. The van der Waals surface area contributed by atoms with Crippen LogP contribution in [0.2, 0.25) is 5.02 Å². The zero-order valence-electron chi connectivity index (χ0n) is 13.0. The van der Waals surface area contributed by atoms with Crippen molar-refractivity contribution in [3.05, 3.63) is 64.1 Å². The molecule has 4 rings (SSSR count). The van der Waals surface area contributed by atoms with Crippen LogP contribution in [0, 0.1) is 0 Å². The zero-order chi connectivity index (χ0) is 17.6. The molecule has 3 aromatic rings. The third-order valence-corrected chi connectivity index (χ3v) is 4.73. The molecule has 1 unspecified atom stereocenters. The molecule has 0 radical (unpaired) electrons. The van der Waals surface area contributed by atoms with Crippen molar-refractivity contribution in [2.75, 3.05) is 0 Å². The number of hydrogen-bond donors (Lipinski definition) is 1. The van der Waals surface area contributed by atoms with E-state index in [1.54, 1.807) is 0 Å². The van der Waals surface area contributed by atoms with Gasteiger partial charge in [-0.3, -0.25) is 4.40 Å². The molecule has 0 fully saturated rings. The van der Waals surface area contributed by atoms with Gasteiger partial charge in [0.05, 0.1) is 12.1 Å². The smallest absolute Gasteiger partial charge is 0.303 e. The Balaban J connectivity index is 1.57. The highest BCUT2D eigenvalue weighted by Gasteiger charge is 2.31. The zero-order valence-corrected chi connectivity index (χ0v) is 13.8. The topological polar surface area (TPSA) is 42.2 Å². The Hall–Kier alpha value is -2.12. The first-order valence-corrected chi connectivity index (χ1v) is 8.22. The summed E-state index contributed by atoms with van der Waals surface area (Å²) in [6.07, 6.45) is -1.50. The van der Waals surface area contributed by atoms with Crippen molar-refractivity contribution >= 4 is 17.2 Å². The molecular formula is C17H14ClF3N4. The van der Waals surface area contributed by atoms with Crippen molar-refractivity contribution in [1.29, 1.82) is 0 Å². The van der Waals surface area contributed by atoms with Gasteiger partial charge in [-0.25, -0.2) is 0 Å². The highest BCUT2D eigenvalue weighted by molar-refractivity contribution is 6.30. The Labute approximate surface area is 146 Å². The molecule has 2 aromatic heterocycles. The maximum absolute atomic E-state index is 12.9. The first-order chi connectivity index (χ1) is 11.9. The van der Waals surface area contributed by atoms with Gasteiger partial charge in [0.1, 0.15) is 0 Å². The Bertz CT molecular complexity index is 935. The Kier molecular flexibility index (Phi) is 3.92. The van der Waals surface area contributed by atoms with Crippen LogP contribution >= 0.6 is 11.6 Å². The van der Waals surface area contributed by atoms with Crippen LogP contribution in [-0.4, -0.2) is 14.6 Å². The van der Waals surface area contributed by atoms with Crippen molar-refractivity contribution in [2.45, 2.75) is 31.6 Å². The van der Waals surface area contributed by atoms with Crippen LogP contribution in [0.4, 0.5) is 13.2 Å². The summed E-state index contributed by atoms with van der Waals surface area (Å²) in [5.41, 5.74) is 2.04. The molecule has 2 heterocycles. The Morgan fingerprint density at radius 1 is 1.20 bits per heavy atom. The lowest BCUT2D eigenvalue weighted by Crippen LogP contribution is -2.20. The van der Waals surface area contributed by atoms with Crippen LogP contribution in [0.3, 0.4) is 0 Å². The lowest BCUT2D eigenvalue weighted by Gasteiger charge is -2.14. The van der Waals surface area contributed by atoms with E-state index in [2.05, 4.69) is 15.5 Å². The first-order valence-electron chi connectivity index (χ1n) is 7.84. The van der Waals surface area contributed by atoms with E-state index >= 15 is 0 Å². The number of benzene rings is 1. The molecule has 0 saturated heterocycles. The van der Waals surface area contributed by atoms with Gasteiger partial charge in [-0.1, -0.05) is 17.7 Å². The van der Waals surface area contributed by atoms with Crippen molar-refractivity contribution in [1.82, 2.24) is 19.9 Å². The third kappa shape index (κ3) is 3.09. The maximum atomic E-state index is 12.9. The summed E-state index contributed by atoms with van der Waals surface area (Å²) in [5.74, 6) is 0.441. The molecule has 4 nitrogen and oxygen atoms in total. The molecule has 25 heavy (non-hydrogen) atoms. The summed E-state index contributed by atoms with van der Waals surface area (Å²) < 4.78 is 40.1. The van der Waals surface area contributed by atoms with Crippen molar-refractivity contribution < 1.29 is 13.2 Å². The minimum Gasteiger partial charge on any atom is -0.303 e. The van der Waals surface area contributed by atoms with Gasteiger partial charge in [0, 0.05) is 17.3 Å². The minimum atomic E-state index is -4.40. The number of rotatable bonds is 3. The summed E-state index contributed by atoms with van der Waals surface area (Å²) in [5, 5.41) is 12.0. The van der Waals surface area contributed by atoms with Crippen LogP contribution in [0.15, 0.2) is 36.5 Å². The van der Waals surface area contributed by atoms with Crippen LogP contribution < -0.4 is 5.32 Å². The molecule has 8 heteroatoms. The fraction of sp³-hybridized carbons (Fsp3) is 0.294. The molecule has 1 aromatic carbocycles. The van der Waals surface area contributed by atoms with E-state index in [0.717, 1.165) is 30.7 Å². The fourth-order valence-electron chi connectivity index (χ4n) is 3.23. The van der Waals surface area contributed by atoms with E-state index in [0.29, 0.717) is 23.0 Å². The summed E-state index contributed by atoms with van der Waals surface area (Å²) in [7, 11) is 0. The number of hydrogen-bond acceptors (Lipinski definition) is 3. The largest absolute Gasteiger partial charge is 0.417 e. The summed E-state index contributed by atoms with van der Waals surface area (Å²) in [6, 6.07) is 8.26. The van der Waals surface area contributed by atoms with Gasteiger partial charge in [-0.2, -0.15) is 13.2 Å². The van der Waals surface area contributed by atoms with Crippen LogP contribution in [0.1, 0.15) is 35.0 Å². The predicted molar refractivity (Wildman–Crippen MR) is 87.3 cm³/mol. The average Bonchev–Trinajstić information content (AvgIpc) is 3.15. The molecule has 0 spiro atoms. The number of pyridine rings is 1. The summed E-state index contributed by atoms with van der Waals surface area (Å²) >= 11 is 6.07. The monoisotopic (exact) mass is 366 g/mol. The number of alkyl halides is 3. The van der Waals surface area contributed by atoms with Crippen molar-refractivity contribution in [2.24, 2.45) is 0 Å². The number of nitrogens with one attached hydrogen (secondary N) is 1.